The standard InChI is InChI=1S/C6H16N4/c1-3-5-7-9-10-8-6-4-2/h3-6H2,1-2H3,(H,7,10)(H,8,9). The van der Waals surface area contributed by atoms with Crippen molar-refractivity contribution in [3.05, 3.63) is 0 Å². The molecule has 0 aliphatic rings. The maximum Gasteiger partial charge on any atom is 0.0344 e. The topological polar surface area (TPSA) is 48.8 Å². The van der Waals surface area contributed by atoms with Crippen molar-refractivity contribution in [2.45, 2.75) is 26.7 Å². The predicted octanol–water partition coefficient (Wildman–Crippen LogP) is 1.27. The van der Waals surface area contributed by atoms with Crippen LogP contribution in [0.3, 0.4) is 0 Å². The van der Waals surface area contributed by atoms with E-state index in [2.05, 4.69) is 35.1 Å². The summed E-state index contributed by atoms with van der Waals surface area (Å²) in [5, 5.41) is 7.32. The summed E-state index contributed by atoms with van der Waals surface area (Å²) in [7, 11) is 0. The van der Waals surface area contributed by atoms with Crippen LogP contribution in [0.5, 0.6) is 0 Å². The summed E-state index contributed by atoms with van der Waals surface area (Å²) in [6.07, 6.45) is 2.15. The minimum absolute atomic E-state index is 0.886. The molecule has 0 aromatic rings. The van der Waals surface area contributed by atoms with Crippen LogP contribution in [-0.2, 0) is 0 Å². The van der Waals surface area contributed by atoms with Crippen molar-refractivity contribution in [2.75, 3.05) is 13.1 Å². The molecule has 0 aromatic heterocycles. The summed E-state index contributed by atoms with van der Waals surface area (Å²) in [6.45, 7) is 5.94. The highest BCUT2D eigenvalue weighted by molar-refractivity contribution is 4.32. The number of rotatable bonds is 6. The molecule has 0 saturated carbocycles. The van der Waals surface area contributed by atoms with Crippen LogP contribution in [0.4, 0.5) is 0 Å². The van der Waals surface area contributed by atoms with Crippen LogP contribution in [0.25, 0.3) is 0 Å². The van der Waals surface area contributed by atoms with Crippen LogP contribution in [-0.4, -0.2) is 13.1 Å². The molecule has 4 heteroatoms. The molecule has 2 N–H and O–H groups in total. The number of hydrogen-bond acceptors (Lipinski definition) is 2. The normalized spacial score (nSPS) is 10.2. The van der Waals surface area contributed by atoms with Gasteiger partial charge in [-0.05, 0) is 12.8 Å². The Labute approximate surface area is 62.1 Å². The molecule has 0 bridgehead atoms. The van der Waals surface area contributed by atoms with Gasteiger partial charge in [-0.2, -0.15) is 0 Å². The first-order valence-corrected chi connectivity index (χ1v) is 3.77. The highest BCUT2D eigenvalue weighted by Crippen LogP contribution is 1.72. The SMILES string of the molecule is CCCNN=NNCCC. The van der Waals surface area contributed by atoms with Gasteiger partial charge in [-0.1, -0.05) is 24.3 Å². The Hall–Kier alpha value is -0.800. The van der Waals surface area contributed by atoms with Crippen molar-refractivity contribution < 1.29 is 0 Å². The summed E-state index contributed by atoms with van der Waals surface area (Å²) >= 11 is 0. The van der Waals surface area contributed by atoms with Crippen molar-refractivity contribution >= 4 is 0 Å². The fourth-order valence-corrected chi connectivity index (χ4v) is 0.394. The van der Waals surface area contributed by atoms with E-state index in [1.807, 2.05) is 0 Å². The first-order valence-electron chi connectivity index (χ1n) is 3.77. The largest absolute Gasteiger partial charge is 0.290 e. The lowest BCUT2D eigenvalue weighted by Gasteiger charge is -1.94. The molecule has 0 fully saturated rings. The van der Waals surface area contributed by atoms with Gasteiger partial charge in [0.25, 0.3) is 0 Å². The van der Waals surface area contributed by atoms with E-state index >= 15 is 0 Å². The number of nitrogens with one attached hydrogen (secondary N) is 2. The maximum absolute atomic E-state index is 3.66. The van der Waals surface area contributed by atoms with Crippen molar-refractivity contribution in [3.8, 4) is 0 Å². The first kappa shape index (κ1) is 9.20. The van der Waals surface area contributed by atoms with Crippen LogP contribution in [0.15, 0.2) is 10.4 Å². The third-order valence-corrected chi connectivity index (χ3v) is 0.915. The van der Waals surface area contributed by atoms with Gasteiger partial charge in [0.05, 0.1) is 0 Å². The molecule has 0 aliphatic carbocycles. The summed E-state index contributed by atoms with van der Waals surface area (Å²) in [5.41, 5.74) is 5.58. The van der Waals surface area contributed by atoms with E-state index in [4.69, 9.17) is 0 Å². The Morgan fingerprint density at radius 1 is 0.900 bits per heavy atom. The second-order valence-corrected chi connectivity index (χ2v) is 2.02. The highest BCUT2D eigenvalue weighted by atomic mass is 15.5. The zero-order chi connectivity index (χ0) is 7.66. The Morgan fingerprint density at radius 2 is 1.30 bits per heavy atom. The molecular weight excluding hydrogens is 128 g/mol. The van der Waals surface area contributed by atoms with Gasteiger partial charge in [0.1, 0.15) is 0 Å². The van der Waals surface area contributed by atoms with Gasteiger partial charge in [0.2, 0.25) is 0 Å². The fraction of sp³-hybridized carbons (Fsp3) is 1.00. The quantitative estimate of drug-likeness (QED) is 0.335. The zero-order valence-electron chi connectivity index (χ0n) is 6.72. The molecule has 0 heterocycles. The molecule has 0 radical (unpaired) electrons. The third-order valence-electron chi connectivity index (χ3n) is 0.915. The van der Waals surface area contributed by atoms with E-state index in [0.29, 0.717) is 0 Å². The molecule has 0 spiro atoms. The smallest absolute Gasteiger partial charge is 0.0344 e. The van der Waals surface area contributed by atoms with Gasteiger partial charge in [0, 0.05) is 13.1 Å². The molecule has 4 nitrogen and oxygen atoms in total. The first-order chi connectivity index (χ1) is 4.91. The second-order valence-electron chi connectivity index (χ2n) is 2.02. The van der Waals surface area contributed by atoms with Crippen molar-refractivity contribution in [1.82, 2.24) is 10.9 Å². The lowest BCUT2D eigenvalue weighted by molar-refractivity contribution is 0.593. The lowest BCUT2D eigenvalue weighted by atomic mass is 10.5. The van der Waals surface area contributed by atoms with Crippen LogP contribution in [0.2, 0.25) is 0 Å². The van der Waals surface area contributed by atoms with E-state index in [9.17, 15) is 0 Å². The Morgan fingerprint density at radius 3 is 1.60 bits per heavy atom. The number of hydrogen-bond donors (Lipinski definition) is 2. The van der Waals surface area contributed by atoms with Crippen LogP contribution in [0, 0.1) is 0 Å². The predicted molar refractivity (Wildman–Crippen MR) is 41.4 cm³/mol. The van der Waals surface area contributed by atoms with E-state index in [1.54, 1.807) is 0 Å². The number of nitrogens with zero attached hydrogens (tertiary/aromatic N) is 2. The Kier molecular flexibility index (Phi) is 7.54. The summed E-state index contributed by atoms with van der Waals surface area (Å²) in [4.78, 5) is 0. The monoisotopic (exact) mass is 144 g/mol. The highest BCUT2D eigenvalue weighted by Gasteiger charge is 1.75. The fourth-order valence-electron chi connectivity index (χ4n) is 0.394. The van der Waals surface area contributed by atoms with E-state index in [1.165, 1.54) is 0 Å². The molecule has 0 rings (SSSR count). The van der Waals surface area contributed by atoms with Gasteiger partial charge < -0.3 is 0 Å². The summed E-state index contributed by atoms with van der Waals surface area (Å²) < 4.78 is 0. The maximum atomic E-state index is 3.66. The minimum Gasteiger partial charge on any atom is -0.290 e. The van der Waals surface area contributed by atoms with E-state index in [0.717, 1.165) is 25.9 Å². The van der Waals surface area contributed by atoms with E-state index in [-0.39, 0.29) is 0 Å². The molecule has 0 atom stereocenters. The zero-order valence-corrected chi connectivity index (χ0v) is 6.72. The summed E-state index contributed by atoms with van der Waals surface area (Å²) in [5.74, 6) is 0. The van der Waals surface area contributed by atoms with Gasteiger partial charge in [-0.15, -0.1) is 0 Å². The Bertz CT molecular complexity index is 71.8. The average Bonchev–Trinajstić information content (AvgIpc) is 1.97. The second kappa shape index (κ2) is 8.20. The van der Waals surface area contributed by atoms with Crippen LogP contribution in [0.1, 0.15) is 26.7 Å². The van der Waals surface area contributed by atoms with Crippen LogP contribution >= 0.6 is 0 Å². The molecule has 0 unspecified atom stereocenters. The minimum atomic E-state index is 0.886. The Balaban J connectivity index is 2.89. The molecular formula is C6H16N4. The van der Waals surface area contributed by atoms with Crippen molar-refractivity contribution in [1.29, 1.82) is 0 Å². The lowest BCUT2D eigenvalue weighted by Crippen LogP contribution is -2.09. The molecule has 60 valence electrons. The van der Waals surface area contributed by atoms with Gasteiger partial charge in [-0.25, -0.2) is 0 Å². The van der Waals surface area contributed by atoms with Gasteiger partial charge in [0.15, 0.2) is 0 Å². The average molecular weight is 144 g/mol. The van der Waals surface area contributed by atoms with Crippen molar-refractivity contribution in [3.63, 3.8) is 0 Å². The molecule has 10 heavy (non-hydrogen) atoms. The van der Waals surface area contributed by atoms with E-state index < -0.39 is 0 Å². The molecule has 0 amide bonds. The van der Waals surface area contributed by atoms with Gasteiger partial charge in [-0.3, -0.25) is 10.9 Å². The molecule has 0 saturated heterocycles. The third kappa shape index (κ3) is 7.20. The van der Waals surface area contributed by atoms with Gasteiger partial charge >= 0.3 is 0 Å². The molecule has 0 aromatic carbocycles. The van der Waals surface area contributed by atoms with Crippen LogP contribution < -0.4 is 10.9 Å². The van der Waals surface area contributed by atoms with Crippen molar-refractivity contribution in [2.24, 2.45) is 10.4 Å². The molecule has 0 aliphatic heterocycles. The summed E-state index contributed by atoms with van der Waals surface area (Å²) in [6, 6.07) is 0.